The highest BCUT2D eigenvalue weighted by Crippen LogP contribution is 2.25. The van der Waals surface area contributed by atoms with E-state index in [0.717, 1.165) is 37.4 Å². The highest BCUT2D eigenvalue weighted by molar-refractivity contribution is 8.13. The van der Waals surface area contributed by atoms with E-state index in [4.69, 9.17) is 9.47 Å². The number of rotatable bonds is 9. The monoisotopic (exact) mass is 366 g/mol. The lowest BCUT2D eigenvalue weighted by Gasteiger charge is -2.29. The van der Waals surface area contributed by atoms with Crippen LogP contribution in [0.4, 0.5) is 0 Å². The molecule has 0 bridgehead atoms. The Morgan fingerprint density at radius 1 is 1.12 bits per heavy atom. The van der Waals surface area contributed by atoms with Crippen LogP contribution in [0, 0.1) is 5.92 Å². The number of thioether (sulfide) groups is 1. The van der Waals surface area contributed by atoms with Gasteiger partial charge in [-0.05, 0) is 31.2 Å². The molecule has 1 saturated carbocycles. The van der Waals surface area contributed by atoms with Crippen molar-refractivity contribution in [3.8, 4) is 0 Å². The average Bonchev–Trinajstić information content (AvgIpc) is 2.61. The minimum atomic E-state index is -0.909. The molecule has 0 aliphatic heterocycles. The summed E-state index contributed by atoms with van der Waals surface area (Å²) in [6, 6.07) is 10.1. The molecule has 1 aliphatic rings. The van der Waals surface area contributed by atoms with Gasteiger partial charge in [0.2, 0.25) is 0 Å². The Morgan fingerprint density at radius 2 is 1.72 bits per heavy atom. The molecule has 2 rings (SSSR count). The molecule has 0 radical (unpaired) electrons. The molecule has 1 aromatic rings. The van der Waals surface area contributed by atoms with Crippen molar-refractivity contribution in [1.29, 1.82) is 0 Å². The van der Waals surface area contributed by atoms with Gasteiger partial charge in [-0.1, -0.05) is 42.1 Å². The second kappa shape index (κ2) is 10.6. The third kappa shape index (κ3) is 7.59. The van der Waals surface area contributed by atoms with E-state index >= 15 is 0 Å². The topological polar surface area (TPSA) is 72.8 Å². The molecule has 1 unspecified atom stereocenters. The van der Waals surface area contributed by atoms with E-state index in [9.17, 15) is 14.7 Å². The molecule has 1 N–H and O–H groups in total. The number of aliphatic carboxylic acids is 1. The van der Waals surface area contributed by atoms with Gasteiger partial charge in [0, 0.05) is 12.7 Å². The summed E-state index contributed by atoms with van der Waals surface area (Å²) in [6.07, 6.45) is 3.94. The summed E-state index contributed by atoms with van der Waals surface area (Å²) >= 11 is 1.04. The van der Waals surface area contributed by atoms with Crippen molar-refractivity contribution >= 4 is 22.8 Å². The number of carboxylic acids is 1. The fourth-order valence-corrected chi connectivity index (χ4v) is 3.49. The van der Waals surface area contributed by atoms with E-state index in [1.807, 2.05) is 18.2 Å². The van der Waals surface area contributed by atoms with Gasteiger partial charge in [0.1, 0.15) is 0 Å². The van der Waals surface area contributed by atoms with E-state index in [-0.39, 0.29) is 29.7 Å². The first-order chi connectivity index (χ1) is 12.0. The molecular weight excluding hydrogens is 340 g/mol. The van der Waals surface area contributed by atoms with Crippen molar-refractivity contribution in [3.05, 3.63) is 35.9 Å². The zero-order valence-corrected chi connectivity index (χ0v) is 15.4. The van der Waals surface area contributed by atoms with E-state index in [0.29, 0.717) is 6.61 Å². The van der Waals surface area contributed by atoms with Crippen LogP contribution in [0.15, 0.2) is 30.3 Å². The smallest absolute Gasteiger partial charge is 0.309 e. The zero-order chi connectivity index (χ0) is 18.1. The first kappa shape index (κ1) is 19.9. The van der Waals surface area contributed by atoms with Crippen LogP contribution >= 0.6 is 11.8 Å². The van der Waals surface area contributed by atoms with Crippen molar-refractivity contribution in [2.75, 3.05) is 12.4 Å². The van der Waals surface area contributed by atoms with E-state index < -0.39 is 11.9 Å². The molecule has 5 nitrogen and oxygen atoms in total. The summed E-state index contributed by atoms with van der Waals surface area (Å²) in [4.78, 5) is 22.2. The third-order valence-corrected chi connectivity index (χ3v) is 5.30. The molecule has 0 saturated heterocycles. The predicted molar refractivity (Wildman–Crippen MR) is 97.5 cm³/mol. The number of carbonyl (C=O) groups is 2. The molecule has 6 heteroatoms. The van der Waals surface area contributed by atoms with E-state index in [1.165, 1.54) is 12.5 Å². The van der Waals surface area contributed by atoms with Crippen LogP contribution in [0.3, 0.4) is 0 Å². The molecule has 1 atom stereocenters. The van der Waals surface area contributed by atoms with Crippen LogP contribution in [0.2, 0.25) is 0 Å². The molecule has 1 aliphatic carbocycles. The Kier molecular flexibility index (Phi) is 8.44. The summed E-state index contributed by atoms with van der Waals surface area (Å²) < 4.78 is 11.7. The number of carbonyl (C=O) groups excluding carboxylic acids is 1. The highest BCUT2D eigenvalue weighted by Gasteiger charge is 2.25. The number of hydrogen-bond acceptors (Lipinski definition) is 5. The second-order valence-corrected chi connectivity index (χ2v) is 7.56. The standard InChI is InChI=1S/C19H26O5S/c1-14(20)25-13-16(19(21)22)12-24-18-9-7-17(8-10-18)23-11-15-5-3-2-4-6-15/h2-6,16-18H,7-13H2,1H3,(H,21,22). The number of hydrogen-bond donors (Lipinski definition) is 1. The van der Waals surface area contributed by atoms with Gasteiger partial charge in [0.05, 0.1) is 31.3 Å². The SMILES string of the molecule is CC(=O)SCC(COC1CCC(OCc2ccccc2)CC1)C(=O)O. The Hall–Kier alpha value is -1.37. The molecule has 0 heterocycles. The quantitative estimate of drug-likeness (QED) is 0.721. The van der Waals surface area contributed by atoms with Crippen molar-refractivity contribution in [2.24, 2.45) is 5.92 Å². The average molecular weight is 366 g/mol. The zero-order valence-electron chi connectivity index (χ0n) is 14.6. The summed E-state index contributed by atoms with van der Waals surface area (Å²) in [7, 11) is 0. The van der Waals surface area contributed by atoms with Crippen molar-refractivity contribution in [1.82, 2.24) is 0 Å². The van der Waals surface area contributed by atoms with Crippen molar-refractivity contribution in [2.45, 2.75) is 51.4 Å². The molecule has 1 aromatic carbocycles. The molecule has 0 spiro atoms. The van der Waals surface area contributed by atoms with Gasteiger partial charge in [-0.3, -0.25) is 9.59 Å². The first-order valence-corrected chi connectivity index (χ1v) is 9.66. The lowest BCUT2D eigenvalue weighted by Crippen LogP contribution is -2.30. The Morgan fingerprint density at radius 3 is 2.28 bits per heavy atom. The second-order valence-electron chi connectivity index (χ2n) is 6.37. The van der Waals surface area contributed by atoms with Crippen LogP contribution in [-0.2, 0) is 25.7 Å². The normalized spacial score (nSPS) is 21.6. The van der Waals surface area contributed by atoms with Gasteiger partial charge in [-0.15, -0.1) is 0 Å². The van der Waals surface area contributed by atoms with Gasteiger partial charge in [-0.2, -0.15) is 0 Å². The predicted octanol–water partition coefficient (Wildman–Crippen LogP) is 3.51. The van der Waals surface area contributed by atoms with Gasteiger partial charge in [0.15, 0.2) is 5.12 Å². The number of benzene rings is 1. The molecule has 138 valence electrons. The Balaban J connectivity index is 1.65. The minimum Gasteiger partial charge on any atom is -0.481 e. The highest BCUT2D eigenvalue weighted by atomic mass is 32.2. The number of carboxylic acid groups (broad SMARTS) is 1. The lowest BCUT2D eigenvalue weighted by molar-refractivity contribution is -0.144. The maximum absolute atomic E-state index is 11.2. The van der Waals surface area contributed by atoms with Crippen molar-refractivity contribution < 1.29 is 24.2 Å². The summed E-state index contributed by atoms with van der Waals surface area (Å²) in [6.45, 7) is 2.23. The van der Waals surface area contributed by atoms with Crippen LogP contribution < -0.4 is 0 Å². The lowest BCUT2D eigenvalue weighted by atomic mass is 9.95. The van der Waals surface area contributed by atoms with Gasteiger partial charge >= 0.3 is 5.97 Å². The fourth-order valence-electron chi connectivity index (χ4n) is 2.81. The van der Waals surface area contributed by atoms with Crippen LogP contribution in [0.25, 0.3) is 0 Å². The molecule has 0 aromatic heterocycles. The Bertz CT molecular complexity index is 540. The van der Waals surface area contributed by atoms with E-state index in [2.05, 4.69) is 12.1 Å². The maximum Gasteiger partial charge on any atom is 0.309 e. The van der Waals surface area contributed by atoms with Gasteiger partial charge in [-0.25, -0.2) is 0 Å². The molecule has 25 heavy (non-hydrogen) atoms. The van der Waals surface area contributed by atoms with Crippen molar-refractivity contribution in [3.63, 3.8) is 0 Å². The molecular formula is C19H26O5S. The van der Waals surface area contributed by atoms with Gasteiger partial charge in [0.25, 0.3) is 0 Å². The van der Waals surface area contributed by atoms with Crippen LogP contribution in [-0.4, -0.2) is 40.8 Å². The molecule has 0 amide bonds. The number of ether oxygens (including phenoxy) is 2. The maximum atomic E-state index is 11.2. The van der Waals surface area contributed by atoms with E-state index in [1.54, 1.807) is 0 Å². The summed E-state index contributed by atoms with van der Waals surface area (Å²) in [5.74, 6) is -1.28. The van der Waals surface area contributed by atoms with Crippen LogP contribution in [0.1, 0.15) is 38.2 Å². The summed E-state index contributed by atoms with van der Waals surface area (Å²) in [5.41, 5.74) is 1.17. The minimum absolute atomic E-state index is 0.0673. The largest absolute Gasteiger partial charge is 0.481 e. The third-order valence-electron chi connectivity index (χ3n) is 4.32. The van der Waals surface area contributed by atoms with Gasteiger partial charge < -0.3 is 14.6 Å². The van der Waals surface area contributed by atoms with Crippen LogP contribution in [0.5, 0.6) is 0 Å². The Labute approximate surface area is 153 Å². The first-order valence-electron chi connectivity index (χ1n) is 8.68. The fraction of sp³-hybridized carbons (Fsp3) is 0.579. The molecule has 1 fully saturated rings. The summed E-state index contributed by atoms with van der Waals surface area (Å²) in [5, 5.41) is 9.14.